The van der Waals surface area contributed by atoms with Gasteiger partial charge in [0, 0.05) is 26.2 Å². The second-order valence-electron chi connectivity index (χ2n) is 9.49. The van der Waals surface area contributed by atoms with Crippen molar-refractivity contribution in [2.45, 2.75) is 46.5 Å². The summed E-state index contributed by atoms with van der Waals surface area (Å²) < 4.78 is 0. The molecule has 5 heteroatoms. The minimum atomic E-state index is -0.128. The molecule has 1 aliphatic heterocycles. The SMILES string of the molecule is CC(C)C1(C(=O)NC[C@@H]2CN(C(=O)C3(CN(C)C)CC3)C[C@H]2C)CC1. The molecule has 2 atom stereocenters. The van der Waals surface area contributed by atoms with Crippen molar-refractivity contribution in [3.8, 4) is 0 Å². The highest BCUT2D eigenvalue weighted by molar-refractivity contribution is 5.86. The van der Waals surface area contributed by atoms with E-state index in [2.05, 4.69) is 35.9 Å². The zero-order valence-corrected chi connectivity index (χ0v) is 16.6. The Balaban J connectivity index is 1.52. The standard InChI is InChI=1S/C20H35N3O2/c1-14(2)20(8-9-20)17(24)21-10-16-12-23(11-15(16)3)18(25)19(6-7-19)13-22(4)5/h14-16H,6-13H2,1-5H3,(H,21,24)/t15-,16-/m1/s1. The molecule has 2 amide bonds. The number of hydrogen-bond acceptors (Lipinski definition) is 3. The van der Waals surface area contributed by atoms with Crippen molar-refractivity contribution in [1.29, 1.82) is 0 Å². The van der Waals surface area contributed by atoms with Gasteiger partial charge in [0.2, 0.25) is 11.8 Å². The molecule has 0 aromatic heterocycles. The summed E-state index contributed by atoms with van der Waals surface area (Å²) >= 11 is 0. The molecule has 25 heavy (non-hydrogen) atoms. The van der Waals surface area contributed by atoms with Crippen molar-refractivity contribution in [2.75, 3.05) is 40.3 Å². The molecule has 0 bridgehead atoms. The lowest BCUT2D eigenvalue weighted by Gasteiger charge is -2.26. The molecule has 1 N–H and O–H groups in total. The lowest BCUT2D eigenvalue weighted by molar-refractivity contribution is -0.136. The van der Waals surface area contributed by atoms with Crippen LogP contribution >= 0.6 is 0 Å². The van der Waals surface area contributed by atoms with Gasteiger partial charge < -0.3 is 15.1 Å². The summed E-state index contributed by atoms with van der Waals surface area (Å²) in [5.41, 5.74) is -0.238. The average molecular weight is 350 g/mol. The average Bonchev–Trinajstić information content (AvgIpc) is 3.43. The Morgan fingerprint density at radius 2 is 1.80 bits per heavy atom. The maximum atomic E-state index is 13.0. The Morgan fingerprint density at radius 3 is 2.28 bits per heavy atom. The van der Waals surface area contributed by atoms with Crippen molar-refractivity contribution < 1.29 is 9.59 Å². The first-order chi connectivity index (χ1) is 11.7. The zero-order chi connectivity index (χ0) is 18.4. The van der Waals surface area contributed by atoms with E-state index in [4.69, 9.17) is 0 Å². The van der Waals surface area contributed by atoms with Gasteiger partial charge >= 0.3 is 0 Å². The Hall–Kier alpha value is -1.10. The fraction of sp³-hybridized carbons (Fsp3) is 0.900. The number of amides is 2. The van der Waals surface area contributed by atoms with Crippen LogP contribution in [0.5, 0.6) is 0 Å². The number of likely N-dealkylation sites (tertiary alicyclic amines) is 1. The molecular weight excluding hydrogens is 314 g/mol. The molecule has 3 fully saturated rings. The quantitative estimate of drug-likeness (QED) is 0.765. The maximum Gasteiger partial charge on any atom is 0.230 e. The number of hydrogen-bond donors (Lipinski definition) is 1. The summed E-state index contributed by atoms with van der Waals surface area (Å²) in [5, 5.41) is 3.20. The Kier molecular flexibility index (Phi) is 4.91. The fourth-order valence-corrected chi connectivity index (χ4v) is 4.60. The van der Waals surface area contributed by atoms with Crippen LogP contribution in [0, 0.1) is 28.6 Å². The van der Waals surface area contributed by atoms with Crippen molar-refractivity contribution >= 4 is 11.8 Å². The third-order valence-electron chi connectivity index (χ3n) is 6.85. The third kappa shape index (κ3) is 3.57. The molecule has 2 saturated carbocycles. The molecule has 2 aliphatic carbocycles. The molecule has 0 aromatic rings. The summed E-state index contributed by atoms with van der Waals surface area (Å²) in [6, 6.07) is 0. The van der Waals surface area contributed by atoms with E-state index >= 15 is 0 Å². The van der Waals surface area contributed by atoms with Crippen LogP contribution in [0.25, 0.3) is 0 Å². The van der Waals surface area contributed by atoms with Crippen molar-refractivity contribution in [3.63, 3.8) is 0 Å². The van der Waals surface area contributed by atoms with E-state index in [0.29, 0.717) is 30.2 Å². The van der Waals surface area contributed by atoms with Gasteiger partial charge in [0.15, 0.2) is 0 Å². The van der Waals surface area contributed by atoms with Crippen LogP contribution < -0.4 is 5.32 Å². The van der Waals surface area contributed by atoms with Crippen molar-refractivity contribution in [2.24, 2.45) is 28.6 Å². The smallest absolute Gasteiger partial charge is 0.230 e. The Morgan fingerprint density at radius 1 is 1.16 bits per heavy atom. The molecule has 5 nitrogen and oxygen atoms in total. The Bertz CT molecular complexity index is 535. The summed E-state index contributed by atoms with van der Waals surface area (Å²) in [6.07, 6.45) is 4.09. The first-order valence-corrected chi connectivity index (χ1v) is 9.93. The van der Waals surface area contributed by atoms with Gasteiger partial charge in [-0.2, -0.15) is 0 Å². The molecule has 3 aliphatic rings. The highest BCUT2D eigenvalue weighted by Crippen LogP contribution is 2.52. The number of nitrogens with zero attached hydrogens (tertiary/aromatic N) is 2. The second kappa shape index (κ2) is 6.57. The lowest BCUT2D eigenvalue weighted by Crippen LogP contribution is -2.41. The van der Waals surface area contributed by atoms with Crippen molar-refractivity contribution in [3.05, 3.63) is 0 Å². The number of carbonyl (C=O) groups excluding carboxylic acids is 2. The number of nitrogens with one attached hydrogen (secondary N) is 1. The first kappa shape index (κ1) is 18.7. The fourth-order valence-electron chi connectivity index (χ4n) is 4.60. The van der Waals surface area contributed by atoms with E-state index in [1.165, 1.54) is 0 Å². The van der Waals surface area contributed by atoms with E-state index < -0.39 is 0 Å². The van der Waals surface area contributed by atoms with Gasteiger partial charge in [-0.1, -0.05) is 20.8 Å². The van der Waals surface area contributed by atoms with Gasteiger partial charge in [-0.3, -0.25) is 9.59 Å². The Labute approximate surface area is 152 Å². The van der Waals surface area contributed by atoms with Gasteiger partial charge in [0.05, 0.1) is 10.8 Å². The van der Waals surface area contributed by atoms with Gasteiger partial charge in [-0.25, -0.2) is 0 Å². The normalized spacial score (nSPS) is 29.2. The molecule has 0 unspecified atom stereocenters. The summed E-state index contributed by atoms with van der Waals surface area (Å²) in [4.78, 5) is 29.7. The van der Waals surface area contributed by atoms with E-state index in [1.54, 1.807) is 0 Å². The molecule has 1 saturated heterocycles. The highest BCUT2D eigenvalue weighted by Gasteiger charge is 2.54. The molecule has 3 rings (SSSR count). The summed E-state index contributed by atoms with van der Waals surface area (Å²) in [5.74, 6) is 1.81. The molecule has 0 spiro atoms. The van der Waals surface area contributed by atoms with E-state index in [9.17, 15) is 9.59 Å². The van der Waals surface area contributed by atoms with Gasteiger partial charge in [-0.05, 0) is 57.5 Å². The molecule has 0 aromatic carbocycles. The van der Waals surface area contributed by atoms with Crippen LogP contribution in [0.1, 0.15) is 46.5 Å². The largest absolute Gasteiger partial charge is 0.355 e. The third-order valence-corrected chi connectivity index (χ3v) is 6.85. The van der Waals surface area contributed by atoms with E-state index in [-0.39, 0.29) is 16.7 Å². The summed E-state index contributed by atoms with van der Waals surface area (Å²) in [7, 11) is 4.08. The first-order valence-electron chi connectivity index (χ1n) is 9.93. The molecule has 1 heterocycles. The van der Waals surface area contributed by atoms with E-state index in [0.717, 1.165) is 45.3 Å². The van der Waals surface area contributed by atoms with Crippen LogP contribution in [0.4, 0.5) is 0 Å². The lowest BCUT2D eigenvalue weighted by atomic mass is 9.91. The minimum absolute atomic E-state index is 0.110. The predicted molar refractivity (Wildman–Crippen MR) is 99.0 cm³/mol. The van der Waals surface area contributed by atoms with Gasteiger partial charge in [0.25, 0.3) is 0 Å². The monoisotopic (exact) mass is 349 g/mol. The highest BCUT2D eigenvalue weighted by atomic mass is 16.2. The molecular formula is C20H35N3O2. The zero-order valence-electron chi connectivity index (χ0n) is 16.6. The maximum absolute atomic E-state index is 13.0. The minimum Gasteiger partial charge on any atom is -0.355 e. The van der Waals surface area contributed by atoms with Gasteiger partial charge in [0.1, 0.15) is 0 Å². The van der Waals surface area contributed by atoms with Crippen LogP contribution in [0.15, 0.2) is 0 Å². The molecule has 0 radical (unpaired) electrons. The van der Waals surface area contributed by atoms with Crippen molar-refractivity contribution in [1.82, 2.24) is 15.1 Å². The second-order valence-corrected chi connectivity index (χ2v) is 9.49. The number of rotatable bonds is 7. The van der Waals surface area contributed by atoms with Crippen LogP contribution in [-0.2, 0) is 9.59 Å². The van der Waals surface area contributed by atoms with Gasteiger partial charge in [-0.15, -0.1) is 0 Å². The topological polar surface area (TPSA) is 52.7 Å². The van der Waals surface area contributed by atoms with Crippen LogP contribution in [0.2, 0.25) is 0 Å². The molecule has 142 valence electrons. The van der Waals surface area contributed by atoms with E-state index in [1.807, 2.05) is 14.1 Å². The van der Waals surface area contributed by atoms with Crippen LogP contribution in [-0.4, -0.2) is 61.9 Å². The predicted octanol–water partition coefficient (Wildman–Crippen LogP) is 1.98. The van der Waals surface area contributed by atoms with Crippen LogP contribution in [0.3, 0.4) is 0 Å². The number of carbonyl (C=O) groups is 2. The summed E-state index contributed by atoms with van der Waals surface area (Å²) in [6.45, 7) is 9.70.